The van der Waals surface area contributed by atoms with Crippen LogP contribution in [0.4, 0.5) is 0 Å². The summed E-state index contributed by atoms with van der Waals surface area (Å²) in [5.74, 6) is 0.0440. The van der Waals surface area contributed by atoms with Crippen molar-refractivity contribution in [1.29, 1.82) is 0 Å². The summed E-state index contributed by atoms with van der Waals surface area (Å²) in [6, 6.07) is 0. The molecular formula is C14H26N2O3. The first kappa shape index (κ1) is 14.8. The van der Waals surface area contributed by atoms with Crippen LogP contribution >= 0.6 is 0 Å². The fraction of sp³-hybridized carbons (Fsp3) is 0.929. The molecule has 2 aliphatic rings. The van der Waals surface area contributed by atoms with E-state index in [1.165, 1.54) is 0 Å². The van der Waals surface area contributed by atoms with Crippen molar-refractivity contribution in [3.05, 3.63) is 0 Å². The molecule has 5 heteroatoms. The van der Waals surface area contributed by atoms with Gasteiger partial charge in [0.25, 0.3) is 0 Å². The Bertz CT molecular complexity index is 381. The minimum Gasteiger partial charge on any atom is -0.377 e. The van der Waals surface area contributed by atoms with E-state index in [1.807, 2.05) is 27.7 Å². The van der Waals surface area contributed by atoms with E-state index >= 15 is 0 Å². The third kappa shape index (κ3) is 1.99. The molecule has 2 rings (SSSR count). The van der Waals surface area contributed by atoms with Crippen LogP contribution in [-0.4, -0.2) is 43.4 Å². The lowest BCUT2D eigenvalue weighted by atomic mass is 9.48. The van der Waals surface area contributed by atoms with Gasteiger partial charge < -0.3 is 20.5 Å². The molecule has 0 spiro atoms. The molecule has 0 bridgehead atoms. The smallest absolute Gasteiger partial charge is 0.241 e. The van der Waals surface area contributed by atoms with E-state index in [2.05, 4.69) is 5.32 Å². The number of hydrogen-bond acceptors (Lipinski definition) is 4. The Balaban J connectivity index is 2.06. The number of nitrogens with one attached hydrogen (secondary N) is 1. The largest absolute Gasteiger partial charge is 0.377 e. The molecule has 0 radical (unpaired) electrons. The first-order chi connectivity index (χ1) is 8.67. The summed E-state index contributed by atoms with van der Waals surface area (Å²) >= 11 is 0. The number of carbonyl (C=O) groups is 1. The lowest BCUT2D eigenvalue weighted by Crippen LogP contribution is -2.80. The number of amides is 1. The van der Waals surface area contributed by atoms with E-state index in [9.17, 15) is 4.79 Å². The van der Waals surface area contributed by atoms with E-state index in [4.69, 9.17) is 15.2 Å². The molecule has 3 atom stereocenters. The molecule has 0 aromatic heterocycles. The van der Waals surface area contributed by atoms with Gasteiger partial charge in [0, 0.05) is 31.6 Å². The molecular weight excluding hydrogens is 244 g/mol. The van der Waals surface area contributed by atoms with Crippen LogP contribution in [0.1, 0.15) is 34.1 Å². The van der Waals surface area contributed by atoms with E-state index in [-0.39, 0.29) is 28.9 Å². The topological polar surface area (TPSA) is 73.6 Å². The van der Waals surface area contributed by atoms with E-state index in [0.717, 1.165) is 6.42 Å². The second-order valence-electron chi connectivity index (χ2n) is 6.92. The minimum absolute atomic E-state index is 0.0885. The third-order valence-corrected chi connectivity index (χ3v) is 5.06. The zero-order valence-electron chi connectivity index (χ0n) is 12.6. The van der Waals surface area contributed by atoms with Gasteiger partial charge in [0.1, 0.15) is 5.54 Å². The lowest BCUT2D eigenvalue weighted by molar-refractivity contribution is -0.176. The fourth-order valence-electron chi connectivity index (χ4n) is 3.36. The van der Waals surface area contributed by atoms with Crippen LogP contribution in [0.3, 0.4) is 0 Å². The number of ether oxygens (including phenoxy) is 2. The van der Waals surface area contributed by atoms with Gasteiger partial charge in [-0.25, -0.2) is 0 Å². The zero-order valence-corrected chi connectivity index (χ0v) is 12.6. The van der Waals surface area contributed by atoms with Crippen LogP contribution in [0, 0.1) is 11.3 Å². The number of methoxy groups -OCH3 is 1. The van der Waals surface area contributed by atoms with Gasteiger partial charge in [-0.15, -0.1) is 0 Å². The highest BCUT2D eigenvalue weighted by atomic mass is 16.5. The second-order valence-corrected chi connectivity index (χ2v) is 6.92. The Labute approximate surface area is 115 Å². The molecule has 1 saturated heterocycles. The monoisotopic (exact) mass is 270 g/mol. The van der Waals surface area contributed by atoms with Gasteiger partial charge in [0.05, 0.1) is 11.7 Å². The molecule has 5 nitrogen and oxygen atoms in total. The van der Waals surface area contributed by atoms with Crippen LogP contribution in [0.5, 0.6) is 0 Å². The summed E-state index contributed by atoms with van der Waals surface area (Å²) in [5.41, 5.74) is 4.90. The van der Waals surface area contributed by atoms with Crippen molar-refractivity contribution in [2.75, 3.05) is 20.3 Å². The number of fused-ring (bicyclic) bond motifs is 1. The number of nitrogens with two attached hydrogens (primary N) is 1. The normalized spacial score (nSPS) is 36.5. The Morgan fingerprint density at radius 2 is 2.16 bits per heavy atom. The molecule has 3 N–H and O–H groups in total. The van der Waals surface area contributed by atoms with Crippen LogP contribution < -0.4 is 11.1 Å². The molecule has 19 heavy (non-hydrogen) atoms. The van der Waals surface area contributed by atoms with E-state index in [1.54, 1.807) is 7.11 Å². The summed E-state index contributed by atoms with van der Waals surface area (Å²) in [6.45, 7) is 9.05. The summed E-state index contributed by atoms with van der Waals surface area (Å²) in [4.78, 5) is 12.5. The van der Waals surface area contributed by atoms with Crippen LogP contribution in [0.25, 0.3) is 0 Å². The van der Waals surface area contributed by atoms with Crippen molar-refractivity contribution in [2.24, 2.45) is 17.1 Å². The van der Waals surface area contributed by atoms with Gasteiger partial charge in [-0.1, -0.05) is 13.8 Å². The lowest BCUT2D eigenvalue weighted by Gasteiger charge is -2.60. The van der Waals surface area contributed by atoms with Crippen molar-refractivity contribution in [1.82, 2.24) is 5.32 Å². The highest BCUT2D eigenvalue weighted by molar-refractivity contribution is 5.89. The summed E-state index contributed by atoms with van der Waals surface area (Å²) in [7, 11) is 1.64. The highest BCUT2D eigenvalue weighted by Crippen LogP contribution is 2.58. The average molecular weight is 270 g/mol. The molecule has 3 unspecified atom stereocenters. The summed E-state index contributed by atoms with van der Waals surface area (Å²) in [5, 5.41) is 2.94. The maximum atomic E-state index is 12.5. The molecule has 0 aromatic carbocycles. The maximum absolute atomic E-state index is 12.5. The fourth-order valence-corrected chi connectivity index (χ4v) is 3.36. The molecule has 2 fully saturated rings. The second kappa shape index (κ2) is 4.43. The van der Waals surface area contributed by atoms with Crippen molar-refractivity contribution >= 4 is 5.91 Å². The molecule has 0 aromatic rings. The number of carbonyl (C=O) groups excluding carboxylic acids is 1. The number of rotatable bonds is 4. The van der Waals surface area contributed by atoms with Gasteiger partial charge in [-0.3, -0.25) is 4.79 Å². The van der Waals surface area contributed by atoms with Crippen LogP contribution in [-0.2, 0) is 14.3 Å². The zero-order chi connectivity index (χ0) is 14.5. The summed E-state index contributed by atoms with van der Waals surface area (Å²) in [6.07, 6.45) is 0.977. The molecule has 1 aliphatic heterocycles. The van der Waals surface area contributed by atoms with Gasteiger partial charge in [-0.2, -0.15) is 0 Å². The highest BCUT2D eigenvalue weighted by Gasteiger charge is 2.71. The van der Waals surface area contributed by atoms with Crippen molar-refractivity contribution in [3.8, 4) is 0 Å². The molecule has 1 saturated carbocycles. The standard InChI is InChI=1S/C14H26N2O3/c1-12(2,18-5)8-16-11(17)14(15)9-6-7-19-10(9)13(14,3)4/h9-10H,6-8,15H2,1-5H3,(H,16,17). The van der Waals surface area contributed by atoms with E-state index in [0.29, 0.717) is 13.2 Å². The third-order valence-electron chi connectivity index (χ3n) is 5.06. The molecule has 1 heterocycles. The van der Waals surface area contributed by atoms with Gasteiger partial charge in [-0.05, 0) is 20.3 Å². The van der Waals surface area contributed by atoms with Gasteiger partial charge >= 0.3 is 0 Å². The van der Waals surface area contributed by atoms with Gasteiger partial charge in [0.15, 0.2) is 0 Å². The predicted molar refractivity (Wildman–Crippen MR) is 72.6 cm³/mol. The molecule has 110 valence electrons. The van der Waals surface area contributed by atoms with E-state index < -0.39 is 5.54 Å². The average Bonchev–Trinajstić information content (AvgIpc) is 2.83. The minimum atomic E-state index is -0.835. The van der Waals surface area contributed by atoms with Crippen molar-refractivity contribution in [3.63, 3.8) is 0 Å². The Morgan fingerprint density at radius 3 is 2.74 bits per heavy atom. The van der Waals surface area contributed by atoms with Crippen molar-refractivity contribution in [2.45, 2.75) is 51.4 Å². The van der Waals surface area contributed by atoms with Crippen LogP contribution in [0.2, 0.25) is 0 Å². The van der Waals surface area contributed by atoms with Crippen molar-refractivity contribution < 1.29 is 14.3 Å². The Kier molecular flexibility index (Phi) is 3.44. The predicted octanol–water partition coefficient (Wildman–Crippen LogP) is 0.670. The molecule has 1 aliphatic carbocycles. The summed E-state index contributed by atoms with van der Waals surface area (Å²) < 4.78 is 11.0. The quantitative estimate of drug-likeness (QED) is 0.787. The first-order valence-electron chi connectivity index (χ1n) is 6.91. The maximum Gasteiger partial charge on any atom is 0.241 e. The van der Waals surface area contributed by atoms with Crippen LogP contribution in [0.15, 0.2) is 0 Å². The molecule has 1 amide bonds. The number of hydrogen-bond donors (Lipinski definition) is 2. The Hall–Kier alpha value is -0.650. The SMILES string of the molecule is COC(C)(C)CNC(=O)C1(N)C2CCOC2C1(C)C. The van der Waals surface area contributed by atoms with Gasteiger partial charge in [0.2, 0.25) is 5.91 Å². The Morgan fingerprint density at radius 1 is 1.53 bits per heavy atom. The first-order valence-corrected chi connectivity index (χ1v) is 6.91.